The first-order valence-electron chi connectivity index (χ1n) is 7.52. The number of nitrogens with one attached hydrogen (secondary N) is 2. The van der Waals surface area contributed by atoms with Gasteiger partial charge in [-0.05, 0) is 35.0 Å². The van der Waals surface area contributed by atoms with E-state index in [-0.39, 0.29) is 11.7 Å². The topological polar surface area (TPSA) is 79.5 Å². The first-order valence-corrected chi connectivity index (χ1v) is 10.1. The fourth-order valence-electron chi connectivity index (χ4n) is 2.12. The van der Waals surface area contributed by atoms with E-state index in [0.29, 0.717) is 15.8 Å². The lowest BCUT2D eigenvalue weighted by molar-refractivity contribution is 0.0997. The van der Waals surface area contributed by atoms with Gasteiger partial charge in [0.1, 0.15) is 10.7 Å². The van der Waals surface area contributed by atoms with Crippen LogP contribution in [-0.4, -0.2) is 17.1 Å². The van der Waals surface area contributed by atoms with Crippen molar-refractivity contribution >= 4 is 56.3 Å². The fraction of sp³-hybridized carbons (Fsp3) is 0. The smallest absolute Gasteiger partial charge is 0.292 e. The van der Waals surface area contributed by atoms with Gasteiger partial charge in [-0.15, -0.1) is 22.7 Å². The summed E-state index contributed by atoms with van der Waals surface area (Å²) < 4.78 is 5.15. The van der Waals surface area contributed by atoms with Gasteiger partial charge < -0.3 is 9.73 Å². The van der Waals surface area contributed by atoms with Gasteiger partial charge in [-0.1, -0.05) is 23.5 Å². The summed E-state index contributed by atoms with van der Waals surface area (Å²) in [7, 11) is 0. The predicted octanol–water partition coefficient (Wildman–Crippen LogP) is 5.22. The van der Waals surface area contributed by atoms with Crippen molar-refractivity contribution in [3.63, 3.8) is 0 Å². The number of carbonyl (C=O) groups excluding carboxylic acids is 1. The molecule has 4 aromatic heterocycles. The van der Waals surface area contributed by atoms with Crippen molar-refractivity contribution in [2.24, 2.45) is 5.10 Å². The second-order valence-electron chi connectivity index (χ2n) is 4.99. The molecule has 0 aliphatic rings. The third-order valence-electron chi connectivity index (χ3n) is 3.25. The fourth-order valence-corrected chi connectivity index (χ4v) is 4.32. The third-order valence-corrected chi connectivity index (χ3v) is 5.81. The van der Waals surface area contributed by atoms with Crippen LogP contribution in [0, 0.1) is 0 Å². The van der Waals surface area contributed by atoms with Crippen LogP contribution in [0.25, 0.3) is 10.6 Å². The van der Waals surface area contributed by atoms with E-state index in [1.807, 2.05) is 35.0 Å². The molecule has 0 unspecified atom stereocenters. The van der Waals surface area contributed by atoms with Crippen molar-refractivity contribution in [3.8, 4) is 10.6 Å². The van der Waals surface area contributed by atoms with Crippen LogP contribution in [0.4, 0.5) is 10.1 Å². The number of carbonyl (C=O) groups is 1. The van der Waals surface area contributed by atoms with Crippen LogP contribution in [0.2, 0.25) is 0 Å². The number of hydrogen-bond donors (Lipinski definition) is 2. The second kappa shape index (κ2) is 7.65. The van der Waals surface area contributed by atoms with E-state index in [4.69, 9.17) is 4.42 Å². The molecular weight excluding hydrogens is 388 g/mol. The molecule has 4 aromatic rings. The summed E-state index contributed by atoms with van der Waals surface area (Å²) in [5, 5.41) is 12.3. The average molecular weight is 401 g/mol. The summed E-state index contributed by atoms with van der Waals surface area (Å²) in [6.07, 6.45) is 3.20. The molecule has 0 atom stereocenters. The Balaban J connectivity index is 1.57. The molecule has 0 aliphatic carbocycles. The van der Waals surface area contributed by atoms with Crippen LogP contribution in [0.1, 0.15) is 15.4 Å². The van der Waals surface area contributed by atoms with E-state index >= 15 is 0 Å². The van der Waals surface area contributed by atoms with Gasteiger partial charge >= 0.3 is 0 Å². The Morgan fingerprint density at radius 2 is 2.04 bits per heavy atom. The number of hydrazone groups is 1. The van der Waals surface area contributed by atoms with Crippen molar-refractivity contribution in [2.45, 2.75) is 0 Å². The molecule has 4 rings (SSSR count). The Bertz CT molecular complexity index is 1000. The molecular formula is C17H12N4O2S3. The van der Waals surface area contributed by atoms with E-state index in [9.17, 15) is 4.79 Å². The highest BCUT2D eigenvalue weighted by molar-refractivity contribution is 7.21. The lowest BCUT2D eigenvalue weighted by Gasteiger charge is -2.01. The zero-order chi connectivity index (χ0) is 17.8. The quantitative estimate of drug-likeness (QED) is 0.343. The zero-order valence-corrected chi connectivity index (χ0v) is 15.7. The number of aromatic nitrogens is 1. The number of rotatable bonds is 6. The van der Waals surface area contributed by atoms with Gasteiger partial charge in [0, 0.05) is 4.88 Å². The van der Waals surface area contributed by atoms with Crippen molar-refractivity contribution in [2.75, 3.05) is 10.7 Å². The van der Waals surface area contributed by atoms with Crippen molar-refractivity contribution in [1.82, 2.24) is 4.98 Å². The molecule has 0 fully saturated rings. The molecule has 0 aliphatic heterocycles. The Hall–Kier alpha value is -2.75. The number of furan rings is 1. The molecule has 130 valence electrons. The SMILES string of the molecule is O=C(Nc1sc(N/N=C\c2cccs2)nc1-c1cccs1)c1ccco1. The van der Waals surface area contributed by atoms with E-state index in [0.717, 1.165) is 9.75 Å². The van der Waals surface area contributed by atoms with Gasteiger partial charge in [0.05, 0.1) is 17.4 Å². The van der Waals surface area contributed by atoms with Gasteiger partial charge in [-0.2, -0.15) is 5.10 Å². The molecule has 0 saturated heterocycles. The monoisotopic (exact) mass is 400 g/mol. The number of hydrogen-bond acceptors (Lipinski definition) is 8. The molecule has 4 heterocycles. The van der Waals surface area contributed by atoms with Crippen LogP contribution < -0.4 is 10.7 Å². The molecule has 0 spiro atoms. The number of thiophene rings is 2. The average Bonchev–Trinajstić information content (AvgIpc) is 3.42. The minimum atomic E-state index is -0.315. The van der Waals surface area contributed by atoms with E-state index < -0.39 is 0 Å². The Labute approximate surface area is 160 Å². The summed E-state index contributed by atoms with van der Waals surface area (Å²) in [5.41, 5.74) is 3.63. The van der Waals surface area contributed by atoms with Gasteiger partial charge in [0.2, 0.25) is 5.13 Å². The predicted molar refractivity (Wildman–Crippen MR) is 108 cm³/mol. The number of thiazole rings is 1. The minimum Gasteiger partial charge on any atom is -0.459 e. The summed E-state index contributed by atoms with van der Waals surface area (Å²) in [6, 6.07) is 11.1. The zero-order valence-electron chi connectivity index (χ0n) is 13.2. The van der Waals surface area contributed by atoms with Gasteiger partial charge in [-0.3, -0.25) is 10.2 Å². The highest BCUT2D eigenvalue weighted by Crippen LogP contribution is 2.38. The maximum atomic E-state index is 12.3. The Morgan fingerprint density at radius 1 is 1.15 bits per heavy atom. The molecule has 0 bridgehead atoms. The molecule has 26 heavy (non-hydrogen) atoms. The van der Waals surface area contributed by atoms with Crippen molar-refractivity contribution in [3.05, 3.63) is 64.1 Å². The summed E-state index contributed by atoms with van der Waals surface area (Å²) in [5.74, 6) is -0.0640. The van der Waals surface area contributed by atoms with E-state index in [1.165, 1.54) is 17.6 Å². The largest absolute Gasteiger partial charge is 0.459 e. The number of amides is 1. The Morgan fingerprint density at radius 3 is 2.77 bits per heavy atom. The lowest BCUT2D eigenvalue weighted by Crippen LogP contribution is -2.10. The van der Waals surface area contributed by atoms with Crippen molar-refractivity contribution < 1.29 is 9.21 Å². The van der Waals surface area contributed by atoms with Gasteiger partial charge in [0.15, 0.2) is 5.76 Å². The number of nitrogens with zero attached hydrogens (tertiary/aromatic N) is 2. The van der Waals surface area contributed by atoms with Crippen LogP contribution in [-0.2, 0) is 0 Å². The van der Waals surface area contributed by atoms with Crippen molar-refractivity contribution in [1.29, 1.82) is 0 Å². The van der Waals surface area contributed by atoms with Crippen LogP contribution in [0.3, 0.4) is 0 Å². The highest BCUT2D eigenvalue weighted by atomic mass is 32.1. The summed E-state index contributed by atoms with van der Waals surface area (Å²) in [6.45, 7) is 0. The molecule has 6 nitrogen and oxygen atoms in total. The first-order chi connectivity index (χ1) is 12.8. The molecule has 0 aromatic carbocycles. The maximum Gasteiger partial charge on any atom is 0.292 e. The van der Waals surface area contributed by atoms with E-state index in [2.05, 4.69) is 20.8 Å². The van der Waals surface area contributed by atoms with E-state index in [1.54, 1.807) is 41.0 Å². The summed E-state index contributed by atoms with van der Waals surface area (Å²) in [4.78, 5) is 18.9. The molecule has 1 amide bonds. The maximum absolute atomic E-state index is 12.3. The van der Waals surface area contributed by atoms with Crippen LogP contribution in [0.5, 0.6) is 0 Å². The van der Waals surface area contributed by atoms with Crippen LogP contribution >= 0.6 is 34.0 Å². The minimum absolute atomic E-state index is 0.251. The summed E-state index contributed by atoms with van der Waals surface area (Å²) >= 11 is 4.48. The second-order valence-corrected chi connectivity index (χ2v) is 7.92. The highest BCUT2D eigenvalue weighted by Gasteiger charge is 2.18. The van der Waals surface area contributed by atoms with Gasteiger partial charge in [-0.25, -0.2) is 4.98 Å². The normalized spacial score (nSPS) is 11.1. The number of anilines is 2. The van der Waals surface area contributed by atoms with Gasteiger partial charge in [0.25, 0.3) is 5.91 Å². The molecule has 2 N–H and O–H groups in total. The third kappa shape index (κ3) is 3.74. The molecule has 0 radical (unpaired) electrons. The first kappa shape index (κ1) is 16.7. The molecule has 0 saturated carbocycles. The van der Waals surface area contributed by atoms with Crippen LogP contribution in [0.15, 0.2) is 62.9 Å². The molecule has 9 heteroatoms. The lowest BCUT2D eigenvalue weighted by atomic mass is 10.3. The Kier molecular flexibility index (Phi) is 4.91. The standard InChI is InChI=1S/C17H12N4O2S3/c22-15(12-5-1-7-23-12)20-16-14(13-6-3-9-25-13)19-17(26-16)21-18-10-11-4-2-8-24-11/h1-10H,(H,19,21)(H,20,22)/b18-10-.